The molecule has 1 atom stereocenters. The highest BCUT2D eigenvalue weighted by molar-refractivity contribution is 5.28. The van der Waals surface area contributed by atoms with Crippen LogP contribution in [0.15, 0.2) is 4.42 Å². The number of alkyl halides is 2. The van der Waals surface area contributed by atoms with Gasteiger partial charge in [0.2, 0.25) is 0 Å². The molecule has 0 amide bonds. The van der Waals surface area contributed by atoms with Gasteiger partial charge in [0.05, 0.1) is 6.61 Å². The van der Waals surface area contributed by atoms with Crippen LogP contribution in [0.2, 0.25) is 0 Å². The SMILES string of the molecule is FC(F)c1nnc(N2CCC3(CCOC3)C2)o1. The molecule has 3 heterocycles. The molecule has 0 aliphatic carbocycles. The molecule has 17 heavy (non-hydrogen) atoms. The van der Waals surface area contributed by atoms with E-state index in [4.69, 9.17) is 9.15 Å². The summed E-state index contributed by atoms with van der Waals surface area (Å²) in [7, 11) is 0. The van der Waals surface area contributed by atoms with Crippen molar-refractivity contribution < 1.29 is 17.9 Å². The lowest BCUT2D eigenvalue weighted by atomic mass is 9.87. The predicted molar refractivity (Wildman–Crippen MR) is 54.0 cm³/mol. The van der Waals surface area contributed by atoms with Crippen LogP contribution in [0.4, 0.5) is 14.8 Å². The van der Waals surface area contributed by atoms with Crippen LogP contribution in [0.1, 0.15) is 25.2 Å². The van der Waals surface area contributed by atoms with Gasteiger partial charge in [-0.15, -0.1) is 5.10 Å². The highest BCUT2D eigenvalue weighted by Crippen LogP contribution is 2.39. The zero-order valence-corrected chi connectivity index (χ0v) is 9.23. The molecule has 1 unspecified atom stereocenters. The third-order valence-corrected chi connectivity index (χ3v) is 3.51. The van der Waals surface area contributed by atoms with Gasteiger partial charge >= 0.3 is 12.4 Å². The maximum Gasteiger partial charge on any atom is 0.318 e. The van der Waals surface area contributed by atoms with Crippen molar-refractivity contribution in [3.8, 4) is 0 Å². The number of nitrogens with zero attached hydrogens (tertiary/aromatic N) is 3. The van der Waals surface area contributed by atoms with Crippen LogP contribution in [0.25, 0.3) is 0 Å². The van der Waals surface area contributed by atoms with Gasteiger partial charge in [0, 0.05) is 25.1 Å². The molecule has 0 N–H and O–H groups in total. The van der Waals surface area contributed by atoms with Crippen LogP contribution in [0.5, 0.6) is 0 Å². The molecule has 0 bridgehead atoms. The van der Waals surface area contributed by atoms with E-state index in [-0.39, 0.29) is 11.4 Å². The topological polar surface area (TPSA) is 51.4 Å². The Morgan fingerprint density at radius 1 is 1.29 bits per heavy atom. The minimum absolute atomic E-state index is 0.152. The second-order valence-electron chi connectivity index (χ2n) is 4.70. The van der Waals surface area contributed by atoms with Crippen molar-refractivity contribution >= 4 is 6.01 Å². The van der Waals surface area contributed by atoms with Gasteiger partial charge in [0.15, 0.2) is 0 Å². The fourth-order valence-electron chi connectivity index (χ4n) is 2.51. The van der Waals surface area contributed by atoms with Gasteiger partial charge in [-0.3, -0.25) is 0 Å². The maximum absolute atomic E-state index is 12.3. The van der Waals surface area contributed by atoms with Crippen LogP contribution in [0.3, 0.4) is 0 Å². The Bertz CT molecular complexity index is 404. The Kier molecular flexibility index (Phi) is 2.50. The van der Waals surface area contributed by atoms with E-state index >= 15 is 0 Å². The third-order valence-electron chi connectivity index (χ3n) is 3.51. The first kappa shape index (κ1) is 10.9. The highest BCUT2D eigenvalue weighted by Gasteiger charge is 2.42. The average molecular weight is 245 g/mol. The van der Waals surface area contributed by atoms with Crippen LogP contribution in [-0.2, 0) is 4.74 Å². The maximum atomic E-state index is 12.3. The number of hydrogen-bond donors (Lipinski definition) is 0. The molecule has 0 saturated carbocycles. The summed E-state index contributed by atoms with van der Waals surface area (Å²) in [6, 6.07) is 0.198. The van der Waals surface area contributed by atoms with Crippen molar-refractivity contribution in [1.29, 1.82) is 0 Å². The molecule has 1 aromatic heterocycles. The van der Waals surface area contributed by atoms with Crippen LogP contribution in [0, 0.1) is 5.41 Å². The highest BCUT2D eigenvalue weighted by atomic mass is 19.3. The molecule has 94 valence electrons. The van der Waals surface area contributed by atoms with E-state index in [1.165, 1.54) is 0 Å². The molecule has 2 saturated heterocycles. The first-order valence-corrected chi connectivity index (χ1v) is 5.63. The summed E-state index contributed by atoms with van der Waals surface area (Å²) in [6.07, 6.45) is -0.707. The molecule has 2 fully saturated rings. The van der Waals surface area contributed by atoms with Gasteiger partial charge in [0.25, 0.3) is 5.89 Å². The number of halogens is 2. The van der Waals surface area contributed by atoms with Gasteiger partial charge in [-0.2, -0.15) is 8.78 Å². The Morgan fingerprint density at radius 3 is 2.82 bits per heavy atom. The first-order chi connectivity index (χ1) is 8.19. The normalized spacial score (nSPS) is 28.8. The molecular weight excluding hydrogens is 232 g/mol. The lowest BCUT2D eigenvalue weighted by molar-refractivity contribution is 0.115. The van der Waals surface area contributed by atoms with Crippen molar-refractivity contribution in [3.63, 3.8) is 0 Å². The van der Waals surface area contributed by atoms with Gasteiger partial charge in [0.1, 0.15) is 0 Å². The average Bonchev–Trinajstić information content (AvgIpc) is 3.01. The zero-order valence-electron chi connectivity index (χ0n) is 9.23. The minimum Gasteiger partial charge on any atom is -0.402 e. The lowest BCUT2D eigenvalue weighted by Gasteiger charge is -2.20. The summed E-state index contributed by atoms with van der Waals surface area (Å²) in [4.78, 5) is 1.87. The number of rotatable bonds is 2. The van der Waals surface area contributed by atoms with E-state index in [2.05, 4.69) is 10.2 Å². The largest absolute Gasteiger partial charge is 0.402 e. The van der Waals surface area contributed by atoms with Crippen LogP contribution >= 0.6 is 0 Å². The molecule has 1 spiro atoms. The van der Waals surface area contributed by atoms with Crippen molar-refractivity contribution in [1.82, 2.24) is 10.2 Å². The quantitative estimate of drug-likeness (QED) is 0.792. The summed E-state index contributed by atoms with van der Waals surface area (Å²) in [6.45, 7) is 3.02. The van der Waals surface area contributed by atoms with E-state index in [1.807, 2.05) is 4.90 Å². The van der Waals surface area contributed by atoms with E-state index < -0.39 is 12.3 Å². The molecule has 2 aliphatic rings. The zero-order chi connectivity index (χ0) is 11.9. The molecule has 2 aliphatic heterocycles. The molecule has 0 radical (unpaired) electrons. The lowest BCUT2D eigenvalue weighted by Crippen LogP contribution is -2.27. The Labute approximate surface area is 96.7 Å². The fourth-order valence-corrected chi connectivity index (χ4v) is 2.51. The van der Waals surface area contributed by atoms with Gasteiger partial charge < -0.3 is 14.1 Å². The summed E-state index contributed by atoms with van der Waals surface area (Å²) in [5.41, 5.74) is 0.152. The molecule has 1 aromatic rings. The standard InChI is InChI=1S/C10H13F2N3O2/c11-7(12)8-13-14-9(17-8)15-3-1-10(5-15)2-4-16-6-10/h7H,1-6H2. The monoisotopic (exact) mass is 245 g/mol. The summed E-state index contributed by atoms with van der Waals surface area (Å²) in [5.74, 6) is -0.608. The number of aromatic nitrogens is 2. The van der Waals surface area contributed by atoms with E-state index in [0.29, 0.717) is 0 Å². The van der Waals surface area contributed by atoms with Crippen molar-refractivity contribution in [2.24, 2.45) is 5.41 Å². The summed E-state index contributed by atoms with van der Waals surface area (Å²) in [5, 5.41) is 7.00. The Balaban J connectivity index is 1.73. The molecular formula is C10H13F2N3O2. The molecule has 5 nitrogen and oxygen atoms in total. The molecule has 7 heteroatoms. The van der Waals surface area contributed by atoms with E-state index in [0.717, 1.165) is 39.1 Å². The molecule has 0 aromatic carbocycles. The predicted octanol–water partition coefficient (Wildman–Crippen LogP) is 1.62. The van der Waals surface area contributed by atoms with Gasteiger partial charge in [-0.1, -0.05) is 5.10 Å². The second-order valence-corrected chi connectivity index (χ2v) is 4.70. The van der Waals surface area contributed by atoms with Crippen molar-refractivity contribution in [3.05, 3.63) is 5.89 Å². The second kappa shape index (κ2) is 3.90. The minimum atomic E-state index is -2.71. The van der Waals surface area contributed by atoms with Gasteiger partial charge in [-0.05, 0) is 12.8 Å². The van der Waals surface area contributed by atoms with Crippen molar-refractivity contribution in [2.75, 3.05) is 31.2 Å². The Morgan fingerprint density at radius 2 is 2.18 bits per heavy atom. The molecule has 3 rings (SSSR count). The number of ether oxygens (including phenoxy) is 1. The van der Waals surface area contributed by atoms with Crippen LogP contribution < -0.4 is 4.90 Å². The van der Waals surface area contributed by atoms with E-state index in [9.17, 15) is 8.78 Å². The van der Waals surface area contributed by atoms with Crippen molar-refractivity contribution in [2.45, 2.75) is 19.3 Å². The van der Waals surface area contributed by atoms with Crippen LogP contribution in [-0.4, -0.2) is 36.5 Å². The van der Waals surface area contributed by atoms with Gasteiger partial charge in [-0.25, -0.2) is 0 Å². The summed E-state index contributed by atoms with van der Waals surface area (Å²) < 4.78 is 35.0. The third kappa shape index (κ3) is 1.88. The number of anilines is 1. The first-order valence-electron chi connectivity index (χ1n) is 5.63. The Hall–Kier alpha value is -1.24. The summed E-state index contributed by atoms with van der Waals surface area (Å²) >= 11 is 0. The fraction of sp³-hybridized carbons (Fsp3) is 0.800. The van der Waals surface area contributed by atoms with E-state index in [1.54, 1.807) is 0 Å². The smallest absolute Gasteiger partial charge is 0.318 e. The number of hydrogen-bond acceptors (Lipinski definition) is 5.